The van der Waals surface area contributed by atoms with Gasteiger partial charge in [-0.25, -0.2) is 4.39 Å². The SMILES string of the molecule is Cc1cc(C)cc(C(O)c2ccc(F)cc2Br)c1. The van der Waals surface area contributed by atoms with Gasteiger partial charge in [0.1, 0.15) is 11.9 Å². The lowest BCUT2D eigenvalue weighted by molar-refractivity contribution is 0.219. The van der Waals surface area contributed by atoms with E-state index >= 15 is 0 Å². The van der Waals surface area contributed by atoms with Crippen LogP contribution < -0.4 is 0 Å². The number of halogens is 2. The number of hydrogen-bond acceptors (Lipinski definition) is 1. The zero-order chi connectivity index (χ0) is 13.3. The smallest absolute Gasteiger partial charge is 0.124 e. The van der Waals surface area contributed by atoms with Crippen molar-refractivity contribution in [3.05, 3.63) is 68.9 Å². The molecule has 0 heterocycles. The molecule has 3 heteroatoms. The molecule has 1 atom stereocenters. The third kappa shape index (κ3) is 2.79. The van der Waals surface area contributed by atoms with Crippen LogP contribution in [0.4, 0.5) is 4.39 Å². The quantitative estimate of drug-likeness (QED) is 0.877. The van der Waals surface area contributed by atoms with E-state index in [9.17, 15) is 9.50 Å². The van der Waals surface area contributed by atoms with E-state index in [0.29, 0.717) is 10.0 Å². The number of hydrogen-bond donors (Lipinski definition) is 1. The molecular formula is C15H14BrFO. The fourth-order valence-electron chi connectivity index (χ4n) is 2.07. The zero-order valence-corrected chi connectivity index (χ0v) is 11.8. The van der Waals surface area contributed by atoms with E-state index in [4.69, 9.17) is 0 Å². The van der Waals surface area contributed by atoms with E-state index < -0.39 is 6.10 Å². The molecule has 94 valence electrons. The molecule has 18 heavy (non-hydrogen) atoms. The van der Waals surface area contributed by atoms with Crippen LogP contribution in [0.1, 0.15) is 28.4 Å². The van der Waals surface area contributed by atoms with Gasteiger partial charge in [-0.2, -0.15) is 0 Å². The molecule has 1 nitrogen and oxygen atoms in total. The third-order valence-corrected chi connectivity index (χ3v) is 3.50. The Balaban J connectivity index is 2.44. The second-order valence-electron chi connectivity index (χ2n) is 4.49. The molecule has 0 aliphatic heterocycles. The Hall–Kier alpha value is -1.19. The summed E-state index contributed by atoms with van der Waals surface area (Å²) in [6.45, 7) is 3.98. The number of rotatable bonds is 2. The van der Waals surface area contributed by atoms with Crippen LogP contribution in [0.3, 0.4) is 0 Å². The summed E-state index contributed by atoms with van der Waals surface area (Å²) in [7, 11) is 0. The molecule has 2 rings (SSSR count). The van der Waals surface area contributed by atoms with Gasteiger partial charge in [0.15, 0.2) is 0 Å². The van der Waals surface area contributed by atoms with Crippen molar-refractivity contribution in [1.29, 1.82) is 0 Å². The first-order valence-electron chi connectivity index (χ1n) is 5.68. The lowest BCUT2D eigenvalue weighted by Gasteiger charge is -2.15. The number of aryl methyl sites for hydroxylation is 2. The molecule has 0 bridgehead atoms. The van der Waals surface area contributed by atoms with Crippen molar-refractivity contribution in [2.45, 2.75) is 20.0 Å². The molecule has 0 radical (unpaired) electrons. The highest BCUT2D eigenvalue weighted by atomic mass is 79.9. The third-order valence-electron chi connectivity index (χ3n) is 2.82. The summed E-state index contributed by atoms with van der Waals surface area (Å²) < 4.78 is 13.6. The normalized spacial score (nSPS) is 12.5. The van der Waals surface area contributed by atoms with Crippen molar-refractivity contribution in [2.75, 3.05) is 0 Å². The Bertz CT molecular complexity index is 560. The fraction of sp³-hybridized carbons (Fsp3) is 0.200. The molecule has 0 spiro atoms. The van der Waals surface area contributed by atoms with Gasteiger partial charge in [0.05, 0.1) is 0 Å². The van der Waals surface area contributed by atoms with Crippen LogP contribution in [0.5, 0.6) is 0 Å². The average Bonchev–Trinajstić information content (AvgIpc) is 2.26. The monoisotopic (exact) mass is 308 g/mol. The van der Waals surface area contributed by atoms with Crippen LogP contribution in [0.15, 0.2) is 40.9 Å². The molecule has 2 aromatic rings. The van der Waals surface area contributed by atoms with Crippen LogP contribution in [0, 0.1) is 19.7 Å². The standard InChI is InChI=1S/C15H14BrFO/c1-9-5-10(2)7-11(6-9)15(18)13-4-3-12(17)8-14(13)16/h3-8,15,18H,1-2H3. The Kier molecular flexibility index (Phi) is 3.83. The molecule has 0 saturated heterocycles. The summed E-state index contributed by atoms with van der Waals surface area (Å²) in [6, 6.07) is 10.2. The summed E-state index contributed by atoms with van der Waals surface area (Å²) in [6.07, 6.45) is -0.751. The van der Waals surface area contributed by atoms with Gasteiger partial charge in [0.25, 0.3) is 0 Å². The Morgan fingerprint density at radius 3 is 2.22 bits per heavy atom. The summed E-state index contributed by atoms with van der Waals surface area (Å²) in [5, 5.41) is 10.4. The predicted octanol–water partition coefficient (Wildman–Crippen LogP) is 4.29. The minimum absolute atomic E-state index is 0.321. The van der Waals surface area contributed by atoms with Gasteiger partial charge >= 0.3 is 0 Å². The second kappa shape index (κ2) is 5.21. The molecule has 0 fully saturated rings. The molecule has 2 aromatic carbocycles. The molecule has 0 aliphatic rings. The highest BCUT2D eigenvalue weighted by molar-refractivity contribution is 9.10. The lowest BCUT2D eigenvalue weighted by Crippen LogP contribution is -2.02. The van der Waals surface area contributed by atoms with Crippen molar-refractivity contribution < 1.29 is 9.50 Å². The minimum Gasteiger partial charge on any atom is -0.384 e. The maximum atomic E-state index is 13.0. The zero-order valence-electron chi connectivity index (χ0n) is 10.2. The van der Waals surface area contributed by atoms with E-state index in [-0.39, 0.29) is 5.82 Å². The molecule has 0 amide bonds. The first-order chi connectivity index (χ1) is 8.47. The Morgan fingerprint density at radius 2 is 1.67 bits per heavy atom. The Morgan fingerprint density at radius 1 is 1.06 bits per heavy atom. The highest BCUT2D eigenvalue weighted by Gasteiger charge is 2.14. The van der Waals surface area contributed by atoms with Gasteiger partial charge in [-0.05, 0) is 37.1 Å². The van der Waals surface area contributed by atoms with Gasteiger partial charge in [-0.15, -0.1) is 0 Å². The fourth-order valence-corrected chi connectivity index (χ4v) is 2.64. The number of aliphatic hydroxyl groups is 1. The molecule has 0 saturated carbocycles. The second-order valence-corrected chi connectivity index (χ2v) is 5.34. The van der Waals surface area contributed by atoms with E-state index in [1.54, 1.807) is 6.07 Å². The summed E-state index contributed by atoms with van der Waals surface area (Å²) >= 11 is 3.28. The largest absolute Gasteiger partial charge is 0.384 e. The highest BCUT2D eigenvalue weighted by Crippen LogP contribution is 2.30. The van der Waals surface area contributed by atoms with Crippen LogP contribution in [0.2, 0.25) is 0 Å². The van der Waals surface area contributed by atoms with Gasteiger partial charge in [0.2, 0.25) is 0 Å². The first kappa shape index (κ1) is 13.2. The van der Waals surface area contributed by atoms with E-state index in [2.05, 4.69) is 22.0 Å². The average molecular weight is 309 g/mol. The van der Waals surface area contributed by atoms with Crippen molar-refractivity contribution in [1.82, 2.24) is 0 Å². The van der Waals surface area contributed by atoms with Crippen molar-refractivity contribution in [3.8, 4) is 0 Å². The summed E-state index contributed by atoms with van der Waals surface area (Å²) in [5.41, 5.74) is 3.69. The van der Waals surface area contributed by atoms with Gasteiger partial charge in [-0.3, -0.25) is 0 Å². The molecule has 0 aromatic heterocycles. The van der Waals surface area contributed by atoms with Crippen LogP contribution >= 0.6 is 15.9 Å². The van der Waals surface area contributed by atoms with Gasteiger partial charge in [0, 0.05) is 4.47 Å². The van der Waals surface area contributed by atoms with Crippen molar-refractivity contribution in [2.24, 2.45) is 0 Å². The van der Waals surface area contributed by atoms with Gasteiger partial charge < -0.3 is 5.11 Å². The van der Waals surface area contributed by atoms with Crippen LogP contribution in [-0.2, 0) is 0 Å². The molecule has 1 unspecified atom stereocenters. The van der Waals surface area contributed by atoms with Crippen LogP contribution in [-0.4, -0.2) is 5.11 Å². The maximum absolute atomic E-state index is 13.0. The predicted molar refractivity (Wildman–Crippen MR) is 74.1 cm³/mol. The topological polar surface area (TPSA) is 20.2 Å². The lowest BCUT2D eigenvalue weighted by atomic mass is 9.98. The molecular weight excluding hydrogens is 295 g/mol. The van der Waals surface area contributed by atoms with E-state index in [1.165, 1.54) is 12.1 Å². The van der Waals surface area contributed by atoms with E-state index in [1.807, 2.05) is 26.0 Å². The van der Waals surface area contributed by atoms with Gasteiger partial charge in [-0.1, -0.05) is 51.3 Å². The van der Waals surface area contributed by atoms with Crippen LogP contribution in [0.25, 0.3) is 0 Å². The van der Waals surface area contributed by atoms with E-state index in [0.717, 1.165) is 16.7 Å². The maximum Gasteiger partial charge on any atom is 0.124 e. The number of aliphatic hydroxyl groups excluding tert-OH is 1. The number of benzene rings is 2. The Labute approximate surface area is 114 Å². The molecule has 1 N–H and O–H groups in total. The first-order valence-corrected chi connectivity index (χ1v) is 6.48. The minimum atomic E-state index is -0.751. The van der Waals surface area contributed by atoms with Crippen molar-refractivity contribution >= 4 is 15.9 Å². The molecule has 0 aliphatic carbocycles. The summed E-state index contributed by atoms with van der Waals surface area (Å²) in [4.78, 5) is 0. The summed E-state index contributed by atoms with van der Waals surface area (Å²) in [5.74, 6) is -0.321. The van der Waals surface area contributed by atoms with Crippen molar-refractivity contribution in [3.63, 3.8) is 0 Å².